The smallest absolute Gasteiger partial charge is 0.161 e. The molecular formula is C70H96O12. The highest BCUT2D eigenvalue weighted by Crippen LogP contribution is 2.58. The van der Waals surface area contributed by atoms with Crippen molar-refractivity contribution in [1.82, 2.24) is 0 Å². The number of rotatable bonds is 0. The third-order valence-electron chi connectivity index (χ3n) is 20.2. The molecule has 0 saturated heterocycles. The van der Waals surface area contributed by atoms with Crippen LogP contribution in [0.2, 0.25) is 0 Å². The average Bonchev–Trinajstić information content (AvgIpc) is 3.84. The molecule has 4 bridgehead atoms. The first-order valence-electron chi connectivity index (χ1n) is 32.5. The van der Waals surface area contributed by atoms with Gasteiger partial charge in [-0.15, -0.1) is 0 Å². The molecule has 12 heteroatoms. The molecule has 5 aliphatic carbocycles. The van der Waals surface area contributed by atoms with Crippen molar-refractivity contribution >= 4 is 0 Å². The minimum Gasteiger partial charge on any atom is -0.490 e. The maximum atomic E-state index is 7.99. The number of benzene rings is 4. The molecule has 2 spiro atoms. The van der Waals surface area contributed by atoms with Gasteiger partial charge in [-0.2, -0.15) is 0 Å². The van der Waals surface area contributed by atoms with E-state index >= 15 is 0 Å². The van der Waals surface area contributed by atoms with Crippen LogP contribution in [0.15, 0.2) is 97.1 Å². The van der Waals surface area contributed by atoms with Crippen LogP contribution in [0.25, 0.3) is 0 Å². The number of ether oxygens (including phenoxy) is 12. The Bertz CT molecular complexity index is 2520. The summed E-state index contributed by atoms with van der Waals surface area (Å²) in [7, 11) is 0. The highest BCUT2D eigenvalue weighted by Gasteiger charge is 2.57. The van der Waals surface area contributed by atoms with Crippen molar-refractivity contribution in [2.75, 3.05) is 92.5 Å². The fraction of sp³-hybridized carbons (Fsp3) is 0.657. The quantitative estimate of drug-likeness (QED) is 0.167. The third kappa shape index (κ3) is 14.8. The highest BCUT2D eigenvalue weighted by molar-refractivity contribution is 5.42. The summed E-state index contributed by atoms with van der Waals surface area (Å²) in [5.41, 5.74) is -1.06. The molecule has 7 aliphatic rings. The lowest BCUT2D eigenvalue weighted by Crippen LogP contribution is -2.55. The molecule has 5 unspecified atom stereocenters. The molecule has 0 radical (unpaired) electrons. The molecule has 4 aromatic carbocycles. The summed E-state index contributed by atoms with van der Waals surface area (Å²) in [6.45, 7) is 6.09. The monoisotopic (exact) mass is 1130 g/mol. The zero-order valence-electron chi connectivity index (χ0n) is 49.2. The van der Waals surface area contributed by atoms with E-state index in [1.807, 2.05) is 72.8 Å². The predicted octanol–water partition coefficient (Wildman–Crippen LogP) is 15.0. The van der Waals surface area contributed by atoms with Crippen molar-refractivity contribution in [3.05, 3.63) is 97.1 Å². The van der Waals surface area contributed by atoms with Crippen LogP contribution in [0.3, 0.4) is 0 Å². The number of hydrogen-bond acceptors (Lipinski definition) is 12. The third-order valence-corrected chi connectivity index (χ3v) is 20.2. The number of para-hydroxylation sites is 8. The van der Waals surface area contributed by atoms with Gasteiger partial charge >= 0.3 is 0 Å². The molecule has 5 fully saturated rings. The van der Waals surface area contributed by atoms with Gasteiger partial charge in [0.05, 0.1) is 51.8 Å². The molecule has 11 rings (SSSR count). The Labute approximate surface area is 490 Å². The van der Waals surface area contributed by atoms with Gasteiger partial charge in [-0.05, 0) is 160 Å². The van der Waals surface area contributed by atoms with Gasteiger partial charge in [-0.25, -0.2) is 0 Å². The van der Waals surface area contributed by atoms with Crippen LogP contribution in [-0.4, -0.2) is 104 Å². The number of hydrogen-bond donors (Lipinski definition) is 0. The summed E-state index contributed by atoms with van der Waals surface area (Å²) >= 11 is 0. The van der Waals surface area contributed by atoms with Gasteiger partial charge in [-0.3, -0.25) is 0 Å². The SMILES string of the molecule is c1ccc2c(c1)OCCOCCOc1ccccc1OC[C@@]1(OCCO2)C2CCCCCC[C@H](CC2)C2CCC[C@H]3C4CCCCCCC(CC4)[C@@]4(CCOc5ccccc5OCCOCCOc5ccccc5OCCO4)[C@H]3CCC21. The zero-order chi connectivity index (χ0) is 55.5. The lowest BCUT2D eigenvalue weighted by Gasteiger charge is -2.50. The molecular weight excluding hydrogens is 1030 g/mol. The van der Waals surface area contributed by atoms with E-state index in [2.05, 4.69) is 24.3 Å². The van der Waals surface area contributed by atoms with E-state index in [9.17, 15) is 0 Å². The maximum absolute atomic E-state index is 7.99. The van der Waals surface area contributed by atoms with Crippen LogP contribution >= 0.6 is 0 Å². The van der Waals surface area contributed by atoms with E-state index in [1.165, 1.54) is 103 Å². The van der Waals surface area contributed by atoms with Gasteiger partial charge in [0.15, 0.2) is 46.0 Å². The van der Waals surface area contributed by atoms with E-state index in [0.29, 0.717) is 134 Å². The van der Waals surface area contributed by atoms with E-state index < -0.39 is 11.2 Å². The normalized spacial score (nSPS) is 31.8. The molecule has 5 saturated carbocycles. The van der Waals surface area contributed by atoms with Gasteiger partial charge in [0.1, 0.15) is 51.8 Å². The van der Waals surface area contributed by atoms with Crippen molar-refractivity contribution in [3.8, 4) is 46.0 Å². The second kappa shape index (κ2) is 30.3. The maximum Gasteiger partial charge on any atom is 0.161 e. The van der Waals surface area contributed by atoms with Gasteiger partial charge < -0.3 is 56.8 Å². The fourth-order valence-corrected chi connectivity index (χ4v) is 16.5. The second-order valence-corrected chi connectivity index (χ2v) is 24.7. The molecule has 10 atom stereocenters. The van der Waals surface area contributed by atoms with Gasteiger partial charge in [0.25, 0.3) is 0 Å². The second-order valence-electron chi connectivity index (χ2n) is 24.7. The van der Waals surface area contributed by atoms with Crippen LogP contribution in [0, 0.1) is 47.3 Å². The molecule has 2 aliphatic heterocycles. The van der Waals surface area contributed by atoms with E-state index in [-0.39, 0.29) is 5.92 Å². The molecule has 12 nitrogen and oxygen atoms in total. The Morgan fingerprint density at radius 2 is 0.610 bits per heavy atom. The summed E-state index contributed by atoms with van der Waals surface area (Å²) in [6.07, 6.45) is 26.4. The van der Waals surface area contributed by atoms with Crippen LogP contribution in [0.4, 0.5) is 0 Å². The lowest BCUT2D eigenvalue weighted by atomic mass is 9.62. The molecule has 4 aromatic rings. The van der Waals surface area contributed by atoms with Crippen molar-refractivity contribution in [2.45, 2.75) is 152 Å². The van der Waals surface area contributed by atoms with Gasteiger partial charge in [0, 0.05) is 6.42 Å². The Morgan fingerprint density at radius 1 is 0.268 bits per heavy atom. The molecule has 0 aromatic heterocycles. The summed E-state index contributed by atoms with van der Waals surface area (Å²) in [5, 5.41) is 0. The zero-order valence-corrected chi connectivity index (χ0v) is 49.2. The van der Waals surface area contributed by atoms with Gasteiger partial charge in [-0.1, -0.05) is 119 Å². The van der Waals surface area contributed by atoms with Crippen LogP contribution in [-0.2, 0) is 18.9 Å². The van der Waals surface area contributed by atoms with Crippen molar-refractivity contribution in [1.29, 1.82) is 0 Å². The number of fused-ring (bicyclic) bond motifs is 18. The first-order valence-corrected chi connectivity index (χ1v) is 32.5. The Morgan fingerprint density at radius 3 is 1.04 bits per heavy atom. The van der Waals surface area contributed by atoms with Crippen molar-refractivity contribution < 1.29 is 56.8 Å². The lowest BCUT2D eigenvalue weighted by molar-refractivity contribution is -0.175. The predicted molar refractivity (Wildman–Crippen MR) is 318 cm³/mol. The minimum atomic E-state index is -0.594. The molecule has 2 heterocycles. The average molecular weight is 1130 g/mol. The Balaban J connectivity index is 0.998. The Hall–Kier alpha value is -4.88. The minimum absolute atomic E-state index is 0.241. The van der Waals surface area contributed by atoms with E-state index in [4.69, 9.17) is 56.8 Å². The Kier molecular flexibility index (Phi) is 21.7. The van der Waals surface area contributed by atoms with Crippen LogP contribution < -0.4 is 37.9 Å². The highest BCUT2D eigenvalue weighted by atomic mass is 16.6. The summed E-state index contributed by atoms with van der Waals surface area (Å²) in [4.78, 5) is 0. The van der Waals surface area contributed by atoms with Crippen LogP contribution in [0.5, 0.6) is 46.0 Å². The van der Waals surface area contributed by atoms with Crippen molar-refractivity contribution in [3.63, 3.8) is 0 Å². The first-order chi connectivity index (χ1) is 40.7. The fourth-order valence-electron chi connectivity index (χ4n) is 16.5. The molecule has 0 amide bonds. The van der Waals surface area contributed by atoms with Crippen molar-refractivity contribution in [2.24, 2.45) is 47.3 Å². The van der Waals surface area contributed by atoms with Gasteiger partial charge in [0.2, 0.25) is 0 Å². The molecule has 82 heavy (non-hydrogen) atoms. The molecule has 448 valence electrons. The molecule has 0 N–H and O–H groups in total. The summed E-state index contributed by atoms with van der Waals surface area (Å²) < 4.78 is 81.2. The topological polar surface area (TPSA) is 111 Å². The van der Waals surface area contributed by atoms with Crippen LogP contribution in [0.1, 0.15) is 141 Å². The summed E-state index contributed by atoms with van der Waals surface area (Å²) in [6, 6.07) is 32.4. The van der Waals surface area contributed by atoms with E-state index in [0.717, 1.165) is 84.5 Å². The summed E-state index contributed by atoms with van der Waals surface area (Å²) in [5.74, 6) is 9.42. The first kappa shape index (κ1) is 58.9. The standard InChI is InChI=1S/C70H96O12/c1-3-7-20-55-34-32-53(18-5-1)57-22-17-23-58-54-19-6-2-4-8-21-56(35-33-54)70(52-80-68-31-16-15-30-67(68)77-47-43-72-42-46-76-64-27-12-14-29-66(64)79-49-51-82-70)60(58)37-36-59(57)69(55)38-39-73-61-24-9-10-25-62(61)74-44-40-71-41-45-75-63-26-11-13-28-65(63)78-48-50-81-69/h9-16,24-31,53-60H,1-8,17-23,32-52H2/t53?,54-,55?,56?,57+,58?,59+,60?,69+,70-/m1/s1. The largest absolute Gasteiger partial charge is 0.490 e. The van der Waals surface area contributed by atoms with E-state index in [1.54, 1.807) is 0 Å².